The molecule has 0 bridgehead atoms. The van der Waals surface area contributed by atoms with E-state index in [2.05, 4.69) is 11.4 Å². The zero-order chi connectivity index (χ0) is 9.52. The van der Waals surface area contributed by atoms with Crippen molar-refractivity contribution in [3.8, 4) is 6.07 Å². The van der Waals surface area contributed by atoms with Gasteiger partial charge in [-0.15, -0.1) is 12.4 Å². The Hall–Kier alpha value is -1.08. The fourth-order valence-corrected chi connectivity index (χ4v) is 1.09. The van der Waals surface area contributed by atoms with E-state index in [-0.39, 0.29) is 12.4 Å². The Balaban J connectivity index is 0.00000169. The zero-order valence-corrected chi connectivity index (χ0v) is 8.68. The van der Waals surface area contributed by atoms with Gasteiger partial charge in [-0.2, -0.15) is 5.26 Å². The third-order valence-corrected chi connectivity index (χ3v) is 1.71. The summed E-state index contributed by atoms with van der Waals surface area (Å²) >= 11 is 0. The number of nitriles is 1. The number of hydrogen-bond acceptors (Lipinski definition) is 3. The molecule has 14 heavy (non-hydrogen) atoms. The minimum Gasteiger partial charge on any atom is -0.329 e. The number of benzene rings is 1. The van der Waals surface area contributed by atoms with Gasteiger partial charge in [0.1, 0.15) is 0 Å². The summed E-state index contributed by atoms with van der Waals surface area (Å²) in [7, 11) is 0. The van der Waals surface area contributed by atoms with Gasteiger partial charge >= 0.3 is 0 Å². The Morgan fingerprint density at radius 2 is 2.21 bits per heavy atom. The summed E-state index contributed by atoms with van der Waals surface area (Å²) in [5.41, 5.74) is 7.15. The maximum Gasteiger partial charge on any atom is 0.0991 e. The van der Waals surface area contributed by atoms with Crippen molar-refractivity contribution in [1.82, 2.24) is 5.32 Å². The molecule has 0 atom stereocenters. The Labute approximate surface area is 90.3 Å². The van der Waals surface area contributed by atoms with Crippen LogP contribution in [0.25, 0.3) is 0 Å². The van der Waals surface area contributed by atoms with Crippen molar-refractivity contribution in [2.45, 2.75) is 6.54 Å². The van der Waals surface area contributed by atoms with Gasteiger partial charge in [-0.3, -0.25) is 0 Å². The molecule has 1 aromatic rings. The lowest BCUT2D eigenvalue weighted by Gasteiger charge is -2.02. The van der Waals surface area contributed by atoms with Gasteiger partial charge in [0.05, 0.1) is 11.6 Å². The van der Waals surface area contributed by atoms with E-state index in [0.29, 0.717) is 12.1 Å². The molecule has 0 radical (unpaired) electrons. The summed E-state index contributed by atoms with van der Waals surface area (Å²) < 4.78 is 0. The van der Waals surface area contributed by atoms with E-state index >= 15 is 0 Å². The fraction of sp³-hybridized carbons (Fsp3) is 0.300. The lowest BCUT2D eigenvalue weighted by molar-refractivity contribution is 0.695. The maximum atomic E-state index is 8.64. The standard InChI is InChI=1S/C10H13N3.ClH/c11-4-5-13-8-10-3-1-2-9(6-10)7-12;/h1-3,6,13H,4-5,8,11H2;1H. The molecule has 0 aromatic heterocycles. The molecule has 0 aliphatic rings. The lowest BCUT2D eigenvalue weighted by atomic mass is 10.1. The van der Waals surface area contributed by atoms with Crippen LogP contribution in [0.1, 0.15) is 11.1 Å². The van der Waals surface area contributed by atoms with Gasteiger partial charge in [0.25, 0.3) is 0 Å². The predicted octanol–water partition coefficient (Wildman–Crippen LogP) is 1.03. The molecule has 0 aliphatic carbocycles. The molecule has 4 heteroatoms. The zero-order valence-electron chi connectivity index (χ0n) is 7.86. The van der Waals surface area contributed by atoms with E-state index in [1.54, 1.807) is 6.07 Å². The summed E-state index contributed by atoms with van der Waals surface area (Å²) in [6.07, 6.45) is 0. The Morgan fingerprint density at radius 3 is 2.86 bits per heavy atom. The van der Waals surface area contributed by atoms with Gasteiger partial charge in [0, 0.05) is 19.6 Å². The highest BCUT2D eigenvalue weighted by molar-refractivity contribution is 5.85. The molecular formula is C10H14ClN3. The number of halogens is 1. The molecule has 0 heterocycles. The molecule has 0 spiro atoms. The number of rotatable bonds is 4. The third-order valence-electron chi connectivity index (χ3n) is 1.71. The summed E-state index contributed by atoms with van der Waals surface area (Å²) in [4.78, 5) is 0. The molecule has 76 valence electrons. The molecule has 1 aromatic carbocycles. The van der Waals surface area contributed by atoms with E-state index in [1.165, 1.54) is 0 Å². The molecule has 0 unspecified atom stereocenters. The highest BCUT2D eigenvalue weighted by Crippen LogP contribution is 2.03. The van der Waals surface area contributed by atoms with Crippen LogP contribution in [-0.4, -0.2) is 13.1 Å². The predicted molar refractivity (Wildman–Crippen MR) is 59.2 cm³/mol. The first kappa shape index (κ1) is 12.9. The first-order valence-electron chi connectivity index (χ1n) is 4.26. The van der Waals surface area contributed by atoms with E-state index in [9.17, 15) is 0 Å². The Kier molecular flexibility index (Phi) is 6.77. The number of nitrogens with one attached hydrogen (secondary N) is 1. The first-order chi connectivity index (χ1) is 6.36. The number of nitrogens with zero attached hydrogens (tertiary/aromatic N) is 1. The number of nitrogens with two attached hydrogens (primary N) is 1. The largest absolute Gasteiger partial charge is 0.329 e. The van der Waals surface area contributed by atoms with Crippen molar-refractivity contribution < 1.29 is 0 Å². The van der Waals surface area contributed by atoms with Crippen LogP contribution in [0.4, 0.5) is 0 Å². The fourth-order valence-electron chi connectivity index (χ4n) is 1.09. The second kappa shape index (κ2) is 7.34. The van der Waals surface area contributed by atoms with Crippen LogP contribution in [0, 0.1) is 11.3 Å². The summed E-state index contributed by atoms with van der Waals surface area (Å²) in [5, 5.41) is 11.8. The molecule has 0 aliphatic heterocycles. The van der Waals surface area contributed by atoms with Crippen molar-refractivity contribution >= 4 is 12.4 Å². The molecule has 3 nitrogen and oxygen atoms in total. The van der Waals surface area contributed by atoms with E-state index < -0.39 is 0 Å². The van der Waals surface area contributed by atoms with Crippen LogP contribution in [0.2, 0.25) is 0 Å². The molecule has 3 N–H and O–H groups in total. The van der Waals surface area contributed by atoms with Gasteiger partial charge in [-0.05, 0) is 17.7 Å². The Bertz CT molecular complexity index is 306. The maximum absolute atomic E-state index is 8.64. The molecule has 0 fully saturated rings. The highest BCUT2D eigenvalue weighted by atomic mass is 35.5. The van der Waals surface area contributed by atoms with Crippen molar-refractivity contribution in [2.24, 2.45) is 5.73 Å². The van der Waals surface area contributed by atoms with E-state index in [4.69, 9.17) is 11.0 Å². The quantitative estimate of drug-likeness (QED) is 0.732. The van der Waals surface area contributed by atoms with E-state index in [0.717, 1.165) is 18.7 Å². The third kappa shape index (κ3) is 4.24. The van der Waals surface area contributed by atoms with Gasteiger partial charge in [0.2, 0.25) is 0 Å². The van der Waals surface area contributed by atoms with Gasteiger partial charge in [-0.1, -0.05) is 12.1 Å². The average Bonchev–Trinajstić information content (AvgIpc) is 2.19. The molecule has 0 saturated carbocycles. The van der Waals surface area contributed by atoms with Crippen molar-refractivity contribution in [3.63, 3.8) is 0 Å². The summed E-state index contributed by atoms with van der Waals surface area (Å²) in [5.74, 6) is 0. The van der Waals surface area contributed by atoms with Crippen LogP contribution in [0.5, 0.6) is 0 Å². The summed E-state index contributed by atoms with van der Waals surface area (Å²) in [6.45, 7) is 2.21. The normalized spacial score (nSPS) is 8.86. The SMILES string of the molecule is Cl.N#Cc1cccc(CNCCN)c1. The van der Waals surface area contributed by atoms with E-state index in [1.807, 2.05) is 18.2 Å². The summed E-state index contributed by atoms with van der Waals surface area (Å²) in [6, 6.07) is 9.66. The molecule has 1 rings (SSSR count). The molecule has 0 amide bonds. The monoisotopic (exact) mass is 211 g/mol. The van der Waals surface area contributed by atoms with Gasteiger partial charge < -0.3 is 11.1 Å². The lowest BCUT2D eigenvalue weighted by Crippen LogP contribution is -2.21. The smallest absolute Gasteiger partial charge is 0.0991 e. The van der Waals surface area contributed by atoms with Crippen LogP contribution >= 0.6 is 12.4 Å². The minimum absolute atomic E-state index is 0. The second-order valence-electron chi connectivity index (χ2n) is 2.78. The molecular weight excluding hydrogens is 198 g/mol. The van der Waals surface area contributed by atoms with Crippen molar-refractivity contribution in [2.75, 3.05) is 13.1 Å². The van der Waals surface area contributed by atoms with Crippen LogP contribution in [-0.2, 0) is 6.54 Å². The van der Waals surface area contributed by atoms with Gasteiger partial charge in [0.15, 0.2) is 0 Å². The minimum atomic E-state index is 0. The van der Waals surface area contributed by atoms with Crippen LogP contribution < -0.4 is 11.1 Å². The van der Waals surface area contributed by atoms with Crippen LogP contribution in [0.3, 0.4) is 0 Å². The average molecular weight is 212 g/mol. The van der Waals surface area contributed by atoms with Gasteiger partial charge in [-0.25, -0.2) is 0 Å². The first-order valence-corrected chi connectivity index (χ1v) is 4.26. The second-order valence-corrected chi connectivity index (χ2v) is 2.78. The van der Waals surface area contributed by atoms with Crippen molar-refractivity contribution in [3.05, 3.63) is 35.4 Å². The topological polar surface area (TPSA) is 61.8 Å². The van der Waals surface area contributed by atoms with Crippen molar-refractivity contribution in [1.29, 1.82) is 5.26 Å². The number of hydrogen-bond donors (Lipinski definition) is 2. The Morgan fingerprint density at radius 1 is 1.43 bits per heavy atom. The van der Waals surface area contributed by atoms with Crippen LogP contribution in [0.15, 0.2) is 24.3 Å². The molecule has 0 saturated heterocycles. The highest BCUT2D eigenvalue weighted by Gasteiger charge is 1.93.